The van der Waals surface area contributed by atoms with Gasteiger partial charge in [0.15, 0.2) is 0 Å². The van der Waals surface area contributed by atoms with Crippen molar-refractivity contribution in [2.45, 2.75) is 6.92 Å². The van der Waals surface area contributed by atoms with Crippen LogP contribution in [0.5, 0.6) is 0 Å². The summed E-state index contributed by atoms with van der Waals surface area (Å²) in [6.07, 6.45) is 0. The van der Waals surface area contributed by atoms with E-state index < -0.39 is 5.91 Å². The number of primary amides is 1. The van der Waals surface area contributed by atoms with Crippen molar-refractivity contribution < 1.29 is 9.59 Å². The number of carbonyl (C=O) groups is 2. The monoisotopic (exact) mass is 416 g/mol. The number of thiophene rings is 1. The highest BCUT2D eigenvalue weighted by Crippen LogP contribution is 2.32. The quantitative estimate of drug-likeness (QED) is 0.793. The molecule has 2 rings (SSSR count). The lowest BCUT2D eigenvalue weighted by Gasteiger charge is -2.08. The van der Waals surface area contributed by atoms with E-state index in [0.29, 0.717) is 16.1 Å². The Morgan fingerprint density at radius 2 is 1.95 bits per heavy atom. The summed E-state index contributed by atoms with van der Waals surface area (Å²) in [4.78, 5) is 23.8. The summed E-state index contributed by atoms with van der Waals surface area (Å²) in [6, 6.07) is 6.66. The van der Waals surface area contributed by atoms with Gasteiger partial charge in [0.1, 0.15) is 0 Å². The smallest absolute Gasteiger partial charge is 0.265 e. The van der Waals surface area contributed by atoms with Crippen molar-refractivity contribution in [2.75, 3.05) is 5.32 Å². The number of nitrogens with one attached hydrogen (secondary N) is 1. The number of benzene rings is 1. The zero-order chi connectivity index (χ0) is 14.9. The maximum absolute atomic E-state index is 12.1. The minimum Gasteiger partial charge on any atom is -0.366 e. The van der Waals surface area contributed by atoms with Gasteiger partial charge in [-0.15, -0.1) is 11.3 Å². The molecule has 0 aliphatic carbocycles. The molecule has 0 fully saturated rings. The van der Waals surface area contributed by atoms with Crippen LogP contribution in [0.1, 0.15) is 25.6 Å². The maximum atomic E-state index is 12.1. The third-order valence-electron chi connectivity index (χ3n) is 2.63. The van der Waals surface area contributed by atoms with Crippen molar-refractivity contribution in [1.29, 1.82) is 0 Å². The Morgan fingerprint density at radius 3 is 2.45 bits per heavy atom. The molecule has 0 saturated heterocycles. The lowest BCUT2D eigenvalue weighted by atomic mass is 10.1. The van der Waals surface area contributed by atoms with Gasteiger partial charge in [-0.2, -0.15) is 0 Å². The van der Waals surface area contributed by atoms with Gasteiger partial charge in [0, 0.05) is 15.7 Å². The van der Waals surface area contributed by atoms with Gasteiger partial charge in [0.2, 0.25) is 5.91 Å². The second-order valence-corrected chi connectivity index (χ2v) is 7.30. The first kappa shape index (κ1) is 15.2. The largest absolute Gasteiger partial charge is 0.366 e. The van der Waals surface area contributed by atoms with Gasteiger partial charge in [0.05, 0.1) is 8.66 Å². The van der Waals surface area contributed by atoms with Crippen molar-refractivity contribution >= 4 is 60.7 Å². The average molecular weight is 418 g/mol. The number of aryl methyl sites for hydroxylation is 1. The SMILES string of the molecule is Cc1cc(C(N)=O)ccc1NC(=O)c1cc(Br)c(Br)s1. The summed E-state index contributed by atoms with van der Waals surface area (Å²) in [6.45, 7) is 1.81. The summed E-state index contributed by atoms with van der Waals surface area (Å²) in [5.74, 6) is -0.687. The molecule has 0 aliphatic heterocycles. The Balaban J connectivity index is 2.21. The van der Waals surface area contributed by atoms with Crippen LogP contribution >= 0.6 is 43.2 Å². The first-order valence-electron chi connectivity index (χ1n) is 5.55. The van der Waals surface area contributed by atoms with E-state index in [0.717, 1.165) is 13.8 Å². The van der Waals surface area contributed by atoms with Gasteiger partial charge < -0.3 is 11.1 Å². The minimum atomic E-state index is -0.489. The molecule has 4 nitrogen and oxygen atoms in total. The Labute approximate surface area is 136 Å². The highest BCUT2D eigenvalue weighted by molar-refractivity contribution is 9.13. The predicted molar refractivity (Wildman–Crippen MR) is 87.4 cm³/mol. The Bertz CT molecular complexity index is 678. The van der Waals surface area contributed by atoms with Crippen molar-refractivity contribution in [3.8, 4) is 0 Å². The molecule has 2 amide bonds. The molecule has 0 atom stereocenters. The van der Waals surface area contributed by atoms with Gasteiger partial charge in [-0.1, -0.05) is 0 Å². The van der Waals surface area contributed by atoms with E-state index >= 15 is 0 Å². The van der Waals surface area contributed by atoms with Crippen LogP contribution in [-0.2, 0) is 0 Å². The van der Waals surface area contributed by atoms with Crippen LogP contribution < -0.4 is 11.1 Å². The number of hydrogen-bond donors (Lipinski definition) is 2. The van der Waals surface area contributed by atoms with Gasteiger partial charge >= 0.3 is 0 Å². The van der Waals surface area contributed by atoms with Crippen LogP contribution in [0.2, 0.25) is 0 Å². The van der Waals surface area contributed by atoms with E-state index in [1.807, 2.05) is 6.92 Å². The normalized spacial score (nSPS) is 10.3. The number of carbonyl (C=O) groups excluding carboxylic acids is 2. The summed E-state index contributed by atoms with van der Waals surface area (Å²) < 4.78 is 1.71. The first-order chi connectivity index (χ1) is 9.38. The topological polar surface area (TPSA) is 72.2 Å². The van der Waals surface area contributed by atoms with Gasteiger partial charge in [-0.25, -0.2) is 0 Å². The first-order valence-corrected chi connectivity index (χ1v) is 7.95. The molecule has 0 unspecified atom stereocenters. The predicted octanol–water partition coefficient (Wildman–Crippen LogP) is 3.93. The lowest BCUT2D eigenvalue weighted by molar-refractivity contribution is 0.0998. The number of hydrogen-bond acceptors (Lipinski definition) is 3. The summed E-state index contributed by atoms with van der Waals surface area (Å²) in [7, 11) is 0. The fourth-order valence-electron chi connectivity index (χ4n) is 1.60. The molecule has 7 heteroatoms. The molecule has 1 aromatic heterocycles. The van der Waals surface area contributed by atoms with E-state index in [1.54, 1.807) is 24.3 Å². The summed E-state index contributed by atoms with van der Waals surface area (Å²) in [5, 5.41) is 2.81. The van der Waals surface area contributed by atoms with E-state index in [2.05, 4.69) is 37.2 Å². The zero-order valence-electron chi connectivity index (χ0n) is 10.4. The molecule has 0 aliphatic rings. The number of nitrogens with two attached hydrogens (primary N) is 1. The molecule has 104 valence electrons. The van der Waals surface area contributed by atoms with Crippen molar-refractivity contribution in [1.82, 2.24) is 0 Å². The van der Waals surface area contributed by atoms with Crippen LogP contribution in [0.25, 0.3) is 0 Å². The third kappa shape index (κ3) is 3.28. The second kappa shape index (κ2) is 6.07. The number of amides is 2. The second-order valence-electron chi connectivity index (χ2n) is 4.08. The molecule has 0 spiro atoms. The highest BCUT2D eigenvalue weighted by atomic mass is 79.9. The molecule has 2 aromatic rings. The molecule has 0 radical (unpaired) electrons. The molecular formula is C13H10Br2N2O2S. The van der Waals surface area contributed by atoms with Crippen LogP contribution in [0.15, 0.2) is 32.5 Å². The standard InChI is InChI=1S/C13H10Br2N2O2S/c1-6-4-7(12(16)18)2-3-9(6)17-13(19)10-5-8(14)11(15)20-10/h2-5H,1H3,(H2,16,18)(H,17,19). The third-order valence-corrected chi connectivity index (χ3v) is 5.88. The molecule has 1 heterocycles. The number of rotatable bonds is 3. The van der Waals surface area contributed by atoms with Gasteiger partial charge in [0.25, 0.3) is 5.91 Å². The van der Waals surface area contributed by atoms with Crippen molar-refractivity contribution in [2.24, 2.45) is 5.73 Å². The lowest BCUT2D eigenvalue weighted by Crippen LogP contribution is -2.13. The Kier molecular flexibility index (Phi) is 4.62. The number of anilines is 1. The molecular weight excluding hydrogens is 408 g/mol. The fourth-order valence-corrected chi connectivity index (χ4v) is 3.53. The molecule has 1 aromatic carbocycles. The minimum absolute atomic E-state index is 0.198. The van der Waals surface area contributed by atoms with E-state index in [-0.39, 0.29) is 5.91 Å². The van der Waals surface area contributed by atoms with E-state index in [1.165, 1.54) is 11.3 Å². The van der Waals surface area contributed by atoms with Gasteiger partial charge in [-0.3, -0.25) is 9.59 Å². The molecule has 0 bridgehead atoms. The van der Waals surface area contributed by atoms with Crippen molar-refractivity contribution in [3.63, 3.8) is 0 Å². The molecule has 0 saturated carbocycles. The van der Waals surface area contributed by atoms with Crippen LogP contribution in [-0.4, -0.2) is 11.8 Å². The Morgan fingerprint density at radius 1 is 1.25 bits per heavy atom. The zero-order valence-corrected chi connectivity index (χ0v) is 14.4. The summed E-state index contributed by atoms with van der Waals surface area (Å²) >= 11 is 8.03. The Hall–Kier alpha value is -1.18. The van der Waals surface area contributed by atoms with Gasteiger partial charge in [-0.05, 0) is 68.6 Å². The van der Waals surface area contributed by atoms with E-state index in [4.69, 9.17) is 5.73 Å². The number of halogens is 2. The van der Waals surface area contributed by atoms with Crippen molar-refractivity contribution in [3.05, 3.63) is 48.5 Å². The molecule has 20 heavy (non-hydrogen) atoms. The van der Waals surface area contributed by atoms with Crippen LogP contribution in [0, 0.1) is 6.92 Å². The maximum Gasteiger partial charge on any atom is 0.265 e. The molecule has 3 N–H and O–H groups in total. The van der Waals surface area contributed by atoms with Crippen LogP contribution in [0.4, 0.5) is 5.69 Å². The average Bonchev–Trinajstić information content (AvgIpc) is 2.72. The van der Waals surface area contributed by atoms with Crippen LogP contribution in [0.3, 0.4) is 0 Å². The fraction of sp³-hybridized carbons (Fsp3) is 0.0769. The van der Waals surface area contributed by atoms with E-state index in [9.17, 15) is 9.59 Å². The highest BCUT2D eigenvalue weighted by Gasteiger charge is 2.13. The summed E-state index contributed by atoms with van der Waals surface area (Å²) in [5.41, 5.74) is 7.06.